The van der Waals surface area contributed by atoms with Crippen LogP contribution in [0.5, 0.6) is 0 Å². The van der Waals surface area contributed by atoms with Gasteiger partial charge in [-0.25, -0.2) is 9.13 Å². The predicted molar refractivity (Wildman–Crippen MR) is 451 cm³/mol. The maximum Gasteiger partial charge on any atom is 0.472 e. The van der Waals surface area contributed by atoms with Crippen LogP contribution in [0.4, 0.5) is 0 Å². The zero-order chi connectivity index (χ0) is 79.9. The van der Waals surface area contributed by atoms with Gasteiger partial charge in [-0.15, -0.1) is 0 Å². The van der Waals surface area contributed by atoms with E-state index in [2.05, 4.69) is 41.5 Å². The maximum absolute atomic E-state index is 13.2. The molecule has 0 amide bonds. The molecule has 0 fully saturated rings. The molecule has 0 rings (SSSR count). The van der Waals surface area contributed by atoms with Crippen LogP contribution in [0.2, 0.25) is 0 Å². The minimum absolute atomic E-state index is 0.107. The standard InChI is InChI=1S/C90H176O17P2/c1-7-9-11-13-15-17-19-21-23-25-27-29-30-32-34-36-41-45-49-55-62-68-74-89(94)106-85(78-100-87(92)72-66-60-54-48-44-40-35-33-31-28-26-24-22-20-18-16-14-12-10-8-2)80-104-108(96,97)102-76-84(91)77-103-109(98,99)105-81-86(79-101-88(93)73-67-61-57-51-53-59-65-71-83(5)6)107-90(95)75-69-63-56-50-46-42-38-37-39-43-47-52-58-64-70-82(3)4/h82-86,91H,7-81H2,1-6H3,(H,96,97)(H,98,99)/t84-,85-,86-/m1/s1. The van der Waals surface area contributed by atoms with Crippen molar-refractivity contribution in [3.63, 3.8) is 0 Å². The maximum atomic E-state index is 13.2. The summed E-state index contributed by atoms with van der Waals surface area (Å²) in [5.74, 6) is -0.600. The van der Waals surface area contributed by atoms with Gasteiger partial charge in [0.2, 0.25) is 0 Å². The molecule has 3 N–H and O–H groups in total. The molecule has 0 saturated carbocycles. The van der Waals surface area contributed by atoms with Gasteiger partial charge in [-0.3, -0.25) is 37.3 Å². The molecule has 0 aromatic rings. The number of phosphoric ester groups is 2. The summed E-state index contributed by atoms with van der Waals surface area (Å²) in [6, 6.07) is 0. The van der Waals surface area contributed by atoms with E-state index < -0.39 is 97.5 Å². The summed E-state index contributed by atoms with van der Waals surface area (Å²) in [6.45, 7) is 9.65. The van der Waals surface area contributed by atoms with Gasteiger partial charge in [-0.1, -0.05) is 433 Å². The summed E-state index contributed by atoms with van der Waals surface area (Å²) in [6.07, 6.45) is 75.3. The van der Waals surface area contributed by atoms with E-state index in [1.54, 1.807) is 0 Å². The molecule has 648 valence electrons. The molecule has 5 atom stereocenters. The van der Waals surface area contributed by atoms with Crippen molar-refractivity contribution >= 4 is 39.5 Å². The Morgan fingerprint density at radius 2 is 0.422 bits per heavy atom. The van der Waals surface area contributed by atoms with E-state index >= 15 is 0 Å². The number of phosphoric acid groups is 2. The molecule has 0 aromatic heterocycles. The van der Waals surface area contributed by atoms with Crippen LogP contribution in [0.3, 0.4) is 0 Å². The fraction of sp³-hybridized carbons (Fsp3) is 0.956. The molecule has 2 unspecified atom stereocenters. The summed E-state index contributed by atoms with van der Waals surface area (Å²) in [4.78, 5) is 73.3. The smallest absolute Gasteiger partial charge is 0.462 e. The fourth-order valence-corrected chi connectivity index (χ4v) is 15.7. The van der Waals surface area contributed by atoms with Crippen LogP contribution in [-0.2, 0) is 65.4 Å². The topological polar surface area (TPSA) is 237 Å². The number of rotatable bonds is 89. The van der Waals surface area contributed by atoms with Gasteiger partial charge >= 0.3 is 39.5 Å². The van der Waals surface area contributed by atoms with Gasteiger partial charge in [0, 0.05) is 25.7 Å². The molecule has 0 aliphatic heterocycles. The van der Waals surface area contributed by atoms with Crippen LogP contribution in [-0.4, -0.2) is 96.7 Å². The molecule has 0 aliphatic carbocycles. The minimum Gasteiger partial charge on any atom is -0.462 e. The van der Waals surface area contributed by atoms with Crippen LogP contribution in [0.15, 0.2) is 0 Å². The Bertz CT molecular complexity index is 2080. The van der Waals surface area contributed by atoms with Gasteiger partial charge in [0.1, 0.15) is 19.3 Å². The van der Waals surface area contributed by atoms with Gasteiger partial charge in [0.05, 0.1) is 26.4 Å². The number of hydrogen-bond acceptors (Lipinski definition) is 15. The van der Waals surface area contributed by atoms with Crippen LogP contribution in [0, 0.1) is 11.8 Å². The third-order valence-corrected chi connectivity index (χ3v) is 23.1. The Labute approximate surface area is 670 Å². The van der Waals surface area contributed by atoms with Crippen molar-refractivity contribution in [2.45, 2.75) is 503 Å². The molecule has 0 heterocycles. The lowest BCUT2D eigenvalue weighted by Gasteiger charge is -2.21. The lowest BCUT2D eigenvalue weighted by atomic mass is 10.0. The number of ether oxygens (including phenoxy) is 4. The van der Waals surface area contributed by atoms with E-state index in [9.17, 15) is 43.2 Å². The van der Waals surface area contributed by atoms with Crippen molar-refractivity contribution in [2.75, 3.05) is 39.6 Å². The van der Waals surface area contributed by atoms with Crippen molar-refractivity contribution in [2.24, 2.45) is 11.8 Å². The summed E-state index contributed by atoms with van der Waals surface area (Å²) >= 11 is 0. The van der Waals surface area contributed by atoms with Crippen LogP contribution in [0.25, 0.3) is 0 Å². The second-order valence-corrected chi connectivity index (χ2v) is 36.2. The third-order valence-electron chi connectivity index (χ3n) is 21.2. The van der Waals surface area contributed by atoms with E-state index in [-0.39, 0.29) is 25.7 Å². The zero-order valence-corrected chi connectivity index (χ0v) is 73.7. The first-order valence-electron chi connectivity index (χ1n) is 46.5. The van der Waals surface area contributed by atoms with Crippen molar-refractivity contribution < 1.29 is 80.2 Å². The van der Waals surface area contributed by atoms with Crippen LogP contribution < -0.4 is 0 Å². The number of hydrogen-bond donors (Lipinski definition) is 3. The highest BCUT2D eigenvalue weighted by Gasteiger charge is 2.31. The lowest BCUT2D eigenvalue weighted by Crippen LogP contribution is -2.30. The second kappa shape index (κ2) is 81.2. The Hall–Kier alpha value is -1.94. The number of aliphatic hydroxyl groups excluding tert-OH is 1. The fourth-order valence-electron chi connectivity index (χ4n) is 14.1. The first kappa shape index (κ1) is 107. The quantitative estimate of drug-likeness (QED) is 0.0222. The van der Waals surface area contributed by atoms with Crippen molar-refractivity contribution in [3.8, 4) is 0 Å². The molecule has 0 saturated heterocycles. The van der Waals surface area contributed by atoms with Crippen molar-refractivity contribution in [1.29, 1.82) is 0 Å². The van der Waals surface area contributed by atoms with Gasteiger partial charge in [-0.05, 0) is 37.5 Å². The SMILES string of the molecule is CCCCCCCCCCCCCCCCCCCCCCCCC(=O)O[C@H](COC(=O)CCCCCCCCCCCCCCCCCCCCCC)COP(=O)(O)OC[C@@H](O)COP(=O)(O)OC[C@@H](COC(=O)CCCCCCCCCC(C)C)OC(=O)CCCCCCCCCCCCCCCCC(C)C. The Morgan fingerprint density at radius 1 is 0.248 bits per heavy atom. The highest BCUT2D eigenvalue weighted by molar-refractivity contribution is 7.47. The number of carbonyl (C=O) groups excluding carboxylic acids is 4. The molecular formula is C90H176O17P2. The summed E-state index contributed by atoms with van der Waals surface area (Å²) < 4.78 is 69.0. The van der Waals surface area contributed by atoms with Crippen LogP contribution >= 0.6 is 15.6 Å². The molecule has 0 aliphatic rings. The molecular weight excluding hydrogens is 1410 g/mol. The van der Waals surface area contributed by atoms with Gasteiger partial charge in [-0.2, -0.15) is 0 Å². The van der Waals surface area contributed by atoms with Gasteiger partial charge < -0.3 is 33.8 Å². The third kappa shape index (κ3) is 83.8. The number of carbonyl (C=O) groups is 4. The summed E-state index contributed by atoms with van der Waals surface area (Å²) in [5.41, 5.74) is 0. The lowest BCUT2D eigenvalue weighted by molar-refractivity contribution is -0.161. The Balaban J connectivity index is 5.21. The number of aliphatic hydroxyl groups is 1. The van der Waals surface area contributed by atoms with E-state index in [4.69, 9.17) is 37.0 Å². The van der Waals surface area contributed by atoms with Crippen molar-refractivity contribution in [3.05, 3.63) is 0 Å². The predicted octanol–water partition coefficient (Wildman–Crippen LogP) is 27.8. The Kier molecular flexibility index (Phi) is 79.8. The molecule has 17 nitrogen and oxygen atoms in total. The largest absolute Gasteiger partial charge is 0.472 e. The average molecular weight is 1590 g/mol. The van der Waals surface area contributed by atoms with Gasteiger partial charge in [0.15, 0.2) is 12.2 Å². The van der Waals surface area contributed by atoms with Crippen molar-refractivity contribution in [1.82, 2.24) is 0 Å². The zero-order valence-electron chi connectivity index (χ0n) is 71.9. The molecule has 0 aromatic carbocycles. The van der Waals surface area contributed by atoms with E-state index in [0.29, 0.717) is 31.6 Å². The van der Waals surface area contributed by atoms with Gasteiger partial charge in [0.25, 0.3) is 0 Å². The van der Waals surface area contributed by atoms with E-state index in [1.807, 2.05) is 0 Å². The Morgan fingerprint density at radius 3 is 0.624 bits per heavy atom. The first-order chi connectivity index (χ1) is 52.9. The molecule has 109 heavy (non-hydrogen) atoms. The molecule has 0 bridgehead atoms. The van der Waals surface area contributed by atoms with Crippen LogP contribution in [0.1, 0.15) is 485 Å². The molecule has 19 heteroatoms. The highest BCUT2D eigenvalue weighted by Crippen LogP contribution is 2.45. The minimum atomic E-state index is -4.97. The summed E-state index contributed by atoms with van der Waals surface area (Å²) in [7, 11) is -9.93. The average Bonchev–Trinajstić information content (AvgIpc) is 0.895. The number of unbranched alkanes of at least 4 members (excludes halogenated alkanes) is 59. The van der Waals surface area contributed by atoms with E-state index in [0.717, 1.165) is 102 Å². The second-order valence-electron chi connectivity index (χ2n) is 33.3. The summed E-state index contributed by atoms with van der Waals surface area (Å²) in [5, 5.41) is 10.7. The molecule has 0 spiro atoms. The van der Waals surface area contributed by atoms with E-state index in [1.165, 1.54) is 295 Å². The monoisotopic (exact) mass is 1590 g/mol. The first-order valence-corrected chi connectivity index (χ1v) is 49.5. The molecule has 0 radical (unpaired) electrons. The highest BCUT2D eigenvalue weighted by atomic mass is 31.2. The number of esters is 4. The normalized spacial score (nSPS) is 13.8.